The maximum Gasteiger partial charge on any atom is 0.138 e. The molecule has 0 unspecified atom stereocenters. The summed E-state index contributed by atoms with van der Waals surface area (Å²) in [4.78, 5) is 6.60. The average molecular weight is 279 g/mol. The number of rotatable bonds is 5. The number of nitrogens with zero attached hydrogens (tertiary/aromatic N) is 2. The van der Waals surface area contributed by atoms with Crippen LogP contribution in [0.2, 0.25) is 0 Å². The largest absolute Gasteiger partial charge is 0.492 e. The molecule has 0 atom stereocenters. The van der Waals surface area contributed by atoms with E-state index in [0.29, 0.717) is 5.88 Å². The highest BCUT2D eigenvalue weighted by Crippen LogP contribution is 2.11. The molecule has 4 heteroatoms. The molecule has 1 aliphatic heterocycles. The van der Waals surface area contributed by atoms with Crippen molar-refractivity contribution >= 4 is 11.6 Å². The Balaban J connectivity index is 1.72. The van der Waals surface area contributed by atoms with Gasteiger partial charge in [-0.1, -0.05) is 11.8 Å². The molecule has 0 radical (unpaired) electrons. The summed E-state index contributed by atoms with van der Waals surface area (Å²) in [6.07, 6.45) is 7.17. The number of likely N-dealkylation sites (tertiary alicyclic amines) is 1. The van der Waals surface area contributed by atoms with Gasteiger partial charge >= 0.3 is 0 Å². The van der Waals surface area contributed by atoms with E-state index >= 15 is 0 Å². The molecule has 1 aromatic rings. The Morgan fingerprint density at radius 1 is 1.32 bits per heavy atom. The number of halogens is 1. The lowest BCUT2D eigenvalue weighted by atomic mass is 10.3. The third-order valence-electron chi connectivity index (χ3n) is 3.10. The first kappa shape index (κ1) is 14.2. The Bertz CT molecular complexity index is 447. The van der Waals surface area contributed by atoms with Crippen molar-refractivity contribution in [3.63, 3.8) is 0 Å². The van der Waals surface area contributed by atoms with E-state index in [9.17, 15) is 0 Å². The lowest BCUT2D eigenvalue weighted by molar-refractivity contribution is 0.262. The molecule has 19 heavy (non-hydrogen) atoms. The molecule has 0 saturated carbocycles. The van der Waals surface area contributed by atoms with Gasteiger partial charge in [0.15, 0.2) is 0 Å². The molecule has 0 N–H and O–H groups in total. The topological polar surface area (TPSA) is 25.4 Å². The molecule has 0 aliphatic carbocycles. The van der Waals surface area contributed by atoms with Crippen LogP contribution in [0.25, 0.3) is 0 Å². The average Bonchev–Trinajstić information content (AvgIpc) is 2.95. The zero-order valence-corrected chi connectivity index (χ0v) is 11.8. The first-order valence-electron chi connectivity index (χ1n) is 6.73. The Morgan fingerprint density at radius 2 is 2.16 bits per heavy atom. The van der Waals surface area contributed by atoms with Gasteiger partial charge in [0.25, 0.3) is 0 Å². The summed E-state index contributed by atoms with van der Waals surface area (Å²) in [5.74, 6) is 6.86. The second-order valence-electron chi connectivity index (χ2n) is 4.60. The van der Waals surface area contributed by atoms with Gasteiger partial charge in [-0.05, 0) is 38.4 Å². The molecule has 0 bridgehead atoms. The minimum Gasteiger partial charge on any atom is -0.492 e. The van der Waals surface area contributed by atoms with Crippen LogP contribution in [0.3, 0.4) is 0 Å². The molecule has 2 heterocycles. The van der Waals surface area contributed by atoms with Gasteiger partial charge < -0.3 is 9.64 Å². The number of alkyl halides is 1. The van der Waals surface area contributed by atoms with Gasteiger partial charge in [-0.2, -0.15) is 0 Å². The van der Waals surface area contributed by atoms with E-state index in [0.717, 1.165) is 30.9 Å². The van der Waals surface area contributed by atoms with E-state index in [-0.39, 0.29) is 0 Å². The Morgan fingerprint density at radius 3 is 2.95 bits per heavy atom. The van der Waals surface area contributed by atoms with E-state index in [2.05, 4.69) is 21.7 Å². The van der Waals surface area contributed by atoms with Crippen molar-refractivity contribution in [1.82, 2.24) is 9.88 Å². The fourth-order valence-electron chi connectivity index (χ4n) is 2.19. The van der Waals surface area contributed by atoms with Crippen molar-refractivity contribution in [2.75, 3.05) is 32.1 Å². The Kier molecular flexibility index (Phi) is 6.00. The standard InChI is InChI=1S/C15H19ClN2O/c16-6-3-5-14-11-15(13-17-12-14)19-10-4-9-18-7-1-2-8-18/h11-13H,1-2,4,6-10H2. The molecule has 0 spiro atoms. The summed E-state index contributed by atoms with van der Waals surface area (Å²) < 4.78 is 5.70. The third kappa shape index (κ3) is 5.10. The fraction of sp³-hybridized carbons (Fsp3) is 0.533. The monoisotopic (exact) mass is 278 g/mol. The minimum absolute atomic E-state index is 0.334. The normalized spacial score (nSPS) is 15.0. The van der Waals surface area contributed by atoms with Crippen LogP contribution in [-0.2, 0) is 0 Å². The highest BCUT2D eigenvalue weighted by molar-refractivity contribution is 6.19. The van der Waals surface area contributed by atoms with Crippen LogP contribution in [0.15, 0.2) is 18.5 Å². The highest BCUT2D eigenvalue weighted by Gasteiger charge is 2.10. The van der Waals surface area contributed by atoms with Crippen molar-refractivity contribution in [3.8, 4) is 17.6 Å². The van der Waals surface area contributed by atoms with Crippen LogP contribution in [-0.4, -0.2) is 42.0 Å². The van der Waals surface area contributed by atoms with Gasteiger partial charge in [0, 0.05) is 18.3 Å². The molecule has 1 saturated heterocycles. The van der Waals surface area contributed by atoms with Crippen LogP contribution in [0.1, 0.15) is 24.8 Å². The molecule has 2 rings (SSSR count). The predicted octanol–water partition coefficient (Wildman–Crippen LogP) is 2.54. The van der Waals surface area contributed by atoms with Crippen molar-refractivity contribution < 1.29 is 4.74 Å². The van der Waals surface area contributed by atoms with Gasteiger partial charge in [0.2, 0.25) is 0 Å². The van der Waals surface area contributed by atoms with Gasteiger partial charge in [0.05, 0.1) is 18.7 Å². The molecule has 1 aromatic heterocycles. The summed E-state index contributed by atoms with van der Waals surface area (Å²) in [6.45, 7) is 4.33. The molecule has 1 aliphatic rings. The van der Waals surface area contributed by atoms with E-state index < -0.39 is 0 Å². The zero-order valence-electron chi connectivity index (χ0n) is 11.1. The maximum absolute atomic E-state index is 5.70. The molecule has 102 valence electrons. The van der Waals surface area contributed by atoms with E-state index in [1.54, 1.807) is 12.4 Å². The van der Waals surface area contributed by atoms with Gasteiger partial charge in [0.1, 0.15) is 5.75 Å². The SMILES string of the molecule is ClCC#Cc1cncc(OCCCN2CCCC2)c1. The number of aromatic nitrogens is 1. The van der Waals surface area contributed by atoms with Gasteiger partial charge in [-0.15, -0.1) is 11.6 Å². The molecule has 0 aromatic carbocycles. The van der Waals surface area contributed by atoms with Gasteiger partial charge in [-0.25, -0.2) is 0 Å². The van der Waals surface area contributed by atoms with Crippen molar-refractivity contribution in [3.05, 3.63) is 24.0 Å². The van der Waals surface area contributed by atoms with Gasteiger partial charge in [-0.3, -0.25) is 4.98 Å². The number of hydrogen-bond acceptors (Lipinski definition) is 3. The minimum atomic E-state index is 0.334. The number of hydrogen-bond donors (Lipinski definition) is 0. The summed E-state index contributed by atoms with van der Waals surface area (Å²) in [6, 6.07) is 1.91. The quantitative estimate of drug-likeness (QED) is 0.470. The Hall–Kier alpha value is -1.24. The molecular formula is C15H19ClN2O. The lowest BCUT2D eigenvalue weighted by Gasteiger charge is -2.14. The lowest BCUT2D eigenvalue weighted by Crippen LogP contribution is -2.21. The van der Waals surface area contributed by atoms with E-state index in [1.807, 2.05) is 6.07 Å². The summed E-state index contributed by atoms with van der Waals surface area (Å²) in [5.41, 5.74) is 0.845. The first-order chi connectivity index (χ1) is 9.38. The second kappa shape index (κ2) is 8.04. The summed E-state index contributed by atoms with van der Waals surface area (Å²) in [5, 5.41) is 0. The fourth-order valence-corrected chi connectivity index (χ4v) is 2.25. The van der Waals surface area contributed by atoms with Crippen molar-refractivity contribution in [1.29, 1.82) is 0 Å². The van der Waals surface area contributed by atoms with Crippen molar-refractivity contribution in [2.24, 2.45) is 0 Å². The van der Waals surface area contributed by atoms with Crippen LogP contribution >= 0.6 is 11.6 Å². The van der Waals surface area contributed by atoms with Crippen LogP contribution < -0.4 is 4.74 Å². The molecule has 3 nitrogen and oxygen atoms in total. The van der Waals surface area contributed by atoms with Crippen LogP contribution in [0, 0.1) is 11.8 Å². The highest BCUT2D eigenvalue weighted by atomic mass is 35.5. The molecular weight excluding hydrogens is 260 g/mol. The van der Waals surface area contributed by atoms with Crippen molar-refractivity contribution in [2.45, 2.75) is 19.3 Å². The number of pyridine rings is 1. The van der Waals surface area contributed by atoms with Crippen LogP contribution in [0.5, 0.6) is 5.75 Å². The Labute approximate surface area is 119 Å². The molecule has 1 fully saturated rings. The zero-order chi connectivity index (χ0) is 13.3. The molecule has 0 amide bonds. The predicted molar refractivity (Wildman–Crippen MR) is 77.6 cm³/mol. The summed E-state index contributed by atoms with van der Waals surface area (Å²) >= 11 is 5.53. The smallest absolute Gasteiger partial charge is 0.138 e. The van der Waals surface area contributed by atoms with E-state index in [1.165, 1.54) is 25.9 Å². The maximum atomic E-state index is 5.70. The summed E-state index contributed by atoms with van der Waals surface area (Å²) in [7, 11) is 0. The van der Waals surface area contributed by atoms with E-state index in [4.69, 9.17) is 16.3 Å². The first-order valence-corrected chi connectivity index (χ1v) is 7.27. The number of ether oxygens (including phenoxy) is 1. The van der Waals surface area contributed by atoms with Crippen LogP contribution in [0.4, 0.5) is 0 Å². The second-order valence-corrected chi connectivity index (χ2v) is 4.86. The third-order valence-corrected chi connectivity index (χ3v) is 3.23.